The van der Waals surface area contributed by atoms with Crippen LogP contribution in [0.2, 0.25) is 0 Å². The molecule has 37 heavy (non-hydrogen) atoms. The summed E-state index contributed by atoms with van der Waals surface area (Å²) in [6.45, 7) is 0. The van der Waals surface area contributed by atoms with Crippen LogP contribution in [0.4, 0.5) is 10.7 Å². The van der Waals surface area contributed by atoms with E-state index in [1.54, 1.807) is 0 Å². The van der Waals surface area contributed by atoms with E-state index >= 15 is 0 Å². The van der Waals surface area contributed by atoms with Crippen LogP contribution in [0.3, 0.4) is 0 Å². The number of methoxy groups -OCH3 is 1. The molecule has 0 aliphatic heterocycles. The van der Waals surface area contributed by atoms with Gasteiger partial charge in [-0.3, -0.25) is 4.79 Å². The lowest BCUT2D eigenvalue weighted by atomic mass is 9.83. The topological polar surface area (TPSA) is 81.4 Å². The maximum Gasteiger partial charge on any atom is 0.341 e. The van der Waals surface area contributed by atoms with Crippen LogP contribution in [0.5, 0.6) is 0 Å². The van der Waals surface area contributed by atoms with E-state index in [-0.39, 0.29) is 5.91 Å². The number of amides is 1. The number of nitrogens with one attached hydrogen (secondary N) is 1. The minimum absolute atomic E-state index is 0.193. The minimum Gasteiger partial charge on any atom is -0.465 e. The Bertz CT molecular complexity index is 1400. The van der Waals surface area contributed by atoms with Crippen LogP contribution in [0.15, 0.2) is 89.8 Å². The molecule has 0 bridgehead atoms. The molecule has 3 aromatic carbocycles. The average molecular weight is 529 g/mol. The summed E-state index contributed by atoms with van der Waals surface area (Å²) in [4.78, 5) is 28.7. The van der Waals surface area contributed by atoms with Crippen molar-refractivity contribution in [2.45, 2.75) is 35.3 Å². The number of benzene rings is 3. The number of rotatable bonds is 7. The number of hydrogen-bond donors (Lipinski definition) is 2. The number of carbonyl (C=O) groups is 2. The Morgan fingerprint density at radius 1 is 1.03 bits per heavy atom. The number of ether oxygens (including phenoxy) is 1. The molecule has 2 atom stereocenters. The SMILES string of the molecule is COC(=O)c1c(NC(=O)C(Sc2cccc(N)c2)c2ccccc2)sc2c1CCC(c1ccccc1)C2. The van der Waals surface area contributed by atoms with Gasteiger partial charge in [0.25, 0.3) is 0 Å². The first-order valence-corrected chi connectivity index (χ1v) is 13.9. The monoisotopic (exact) mass is 528 g/mol. The van der Waals surface area contributed by atoms with Crippen molar-refractivity contribution in [3.05, 3.63) is 112 Å². The zero-order chi connectivity index (χ0) is 25.8. The van der Waals surface area contributed by atoms with Gasteiger partial charge in [0.15, 0.2) is 0 Å². The molecule has 0 fully saturated rings. The second-order valence-electron chi connectivity index (χ2n) is 9.02. The molecular formula is C30H28N2O3S2. The van der Waals surface area contributed by atoms with Gasteiger partial charge in [0.1, 0.15) is 10.3 Å². The molecule has 5 nitrogen and oxygen atoms in total. The number of esters is 1. The van der Waals surface area contributed by atoms with Crippen LogP contribution >= 0.6 is 23.1 Å². The summed E-state index contributed by atoms with van der Waals surface area (Å²) >= 11 is 2.92. The van der Waals surface area contributed by atoms with E-state index in [1.807, 2.05) is 60.7 Å². The summed E-state index contributed by atoms with van der Waals surface area (Å²) in [6, 6.07) is 27.6. The fourth-order valence-corrected chi connectivity index (χ4v) is 7.21. The van der Waals surface area contributed by atoms with Gasteiger partial charge < -0.3 is 15.8 Å². The Morgan fingerprint density at radius 2 is 1.76 bits per heavy atom. The van der Waals surface area contributed by atoms with E-state index in [2.05, 4.69) is 29.6 Å². The normalized spacial score (nSPS) is 15.4. The Hall–Kier alpha value is -3.55. The van der Waals surface area contributed by atoms with Crippen molar-refractivity contribution in [2.75, 3.05) is 18.2 Å². The van der Waals surface area contributed by atoms with Crippen molar-refractivity contribution in [1.82, 2.24) is 0 Å². The van der Waals surface area contributed by atoms with Crippen molar-refractivity contribution >= 4 is 45.7 Å². The molecule has 0 spiro atoms. The van der Waals surface area contributed by atoms with E-state index < -0.39 is 11.2 Å². The molecule has 0 saturated carbocycles. The van der Waals surface area contributed by atoms with Crippen molar-refractivity contribution in [3.8, 4) is 0 Å². The van der Waals surface area contributed by atoms with Crippen LogP contribution in [-0.2, 0) is 22.4 Å². The number of thioether (sulfide) groups is 1. The zero-order valence-electron chi connectivity index (χ0n) is 20.5. The number of hydrogen-bond acceptors (Lipinski definition) is 6. The van der Waals surface area contributed by atoms with E-state index in [0.29, 0.717) is 22.2 Å². The van der Waals surface area contributed by atoms with E-state index in [0.717, 1.165) is 40.2 Å². The highest BCUT2D eigenvalue weighted by atomic mass is 32.2. The fraction of sp³-hybridized carbons (Fsp3) is 0.200. The summed E-state index contributed by atoms with van der Waals surface area (Å²) in [5.74, 6) is -0.217. The lowest BCUT2D eigenvalue weighted by Gasteiger charge is -2.22. The number of carbonyl (C=O) groups excluding carboxylic acids is 2. The first-order chi connectivity index (χ1) is 18.0. The summed E-state index contributed by atoms with van der Waals surface area (Å²) < 4.78 is 5.15. The average Bonchev–Trinajstić information content (AvgIpc) is 3.29. The predicted molar refractivity (Wildman–Crippen MR) is 151 cm³/mol. The molecule has 3 N–H and O–H groups in total. The minimum atomic E-state index is -0.523. The summed E-state index contributed by atoms with van der Waals surface area (Å²) in [5, 5.41) is 3.13. The molecule has 1 aliphatic rings. The van der Waals surface area contributed by atoms with Crippen molar-refractivity contribution in [1.29, 1.82) is 0 Å². The van der Waals surface area contributed by atoms with Crippen molar-refractivity contribution < 1.29 is 14.3 Å². The number of thiophene rings is 1. The molecule has 0 radical (unpaired) electrons. The summed E-state index contributed by atoms with van der Waals surface area (Å²) in [7, 11) is 1.38. The van der Waals surface area contributed by atoms with Gasteiger partial charge in [-0.15, -0.1) is 23.1 Å². The third-order valence-electron chi connectivity index (χ3n) is 6.61. The second kappa shape index (κ2) is 11.2. The maximum absolute atomic E-state index is 13.8. The largest absolute Gasteiger partial charge is 0.465 e. The number of fused-ring (bicyclic) bond motifs is 1. The standard InChI is InChI=1S/C30H28N2O3S2/c1-35-30(34)26-24-16-15-21(19-9-4-2-5-10-19)17-25(24)37-29(26)32-28(33)27(20-11-6-3-7-12-20)36-23-14-8-13-22(31)18-23/h2-14,18,21,27H,15-17,31H2,1H3,(H,32,33). The van der Waals surface area contributed by atoms with Crippen molar-refractivity contribution in [3.63, 3.8) is 0 Å². The molecule has 1 aliphatic carbocycles. The van der Waals surface area contributed by atoms with Gasteiger partial charge in [-0.1, -0.05) is 66.7 Å². The second-order valence-corrected chi connectivity index (χ2v) is 11.3. The first-order valence-electron chi connectivity index (χ1n) is 12.2. The number of nitrogens with two attached hydrogens (primary N) is 1. The summed E-state index contributed by atoms with van der Waals surface area (Å²) in [5.41, 5.74) is 10.3. The van der Waals surface area contributed by atoms with Gasteiger partial charge in [0.05, 0.1) is 12.7 Å². The lowest BCUT2D eigenvalue weighted by Crippen LogP contribution is -2.20. The highest BCUT2D eigenvalue weighted by Gasteiger charge is 2.32. The van der Waals surface area contributed by atoms with Gasteiger partial charge in [0, 0.05) is 15.5 Å². The molecule has 1 amide bonds. The van der Waals surface area contributed by atoms with E-state index in [4.69, 9.17) is 10.5 Å². The number of anilines is 2. The quantitative estimate of drug-likeness (QED) is 0.156. The Labute approximate surface area is 225 Å². The first kappa shape index (κ1) is 25.1. The molecule has 0 saturated heterocycles. The molecule has 188 valence electrons. The third-order valence-corrected chi connectivity index (χ3v) is 9.03. The van der Waals surface area contributed by atoms with E-state index in [1.165, 1.54) is 35.8 Å². The highest BCUT2D eigenvalue weighted by Crippen LogP contribution is 2.44. The molecule has 7 heteroatoms. The molecule has 1 heterocycles. The van der Waals surface area contributed by atoms with Gasteiger partial charge in [-0.2, -0.15) is 0 Å². The predicted octanol–water partition coefficient (Wildman–Crippen LogP) is 6.86. The van der Waals surface area contributed by atoms with Crippen LogP contribution in [0, 0.1) is 0 Å². The lowest BCUT2D eigenvalue weighted by molar-refractivity contribution is -0.115. The highest BCUT2D eigenvalue weighted by molar-refractivity contribution is 8.00. The smallest absolute Gasteiger partial charge is 0.341 e. The Balaban J connectivity index is 1.46. The van der Waals surface area contributed by atoms with Gasteiger partial charge in [0.2, 0.25) is 5.91 Å². The zero-order valence-corrected chi connectivity index (χ0v) is 22.1. The van der Waals surface area contributed by atoms with Gasteiger partial charge >= 0.3 is 5.97 Å². The fourth-order valence-electron chi connectivity index (χ4n) is 4.80. The van der Waals surface area contributed by atoms with Gasteiger partial charge in [-0.05, 0) is 60.1 Å². The molecule has 1 aromatic heterocycles. The molecule has 4 aromatic rings. The molecule has 5 rings (SSSR count). The number of nitrogen functional groups attached to an aromatic ring is 1. The molecular weight excluding hydrogens is 500 g/mol. The van der Waals surface area contributed by atoms with Crippen LogP contribution in [0.25, 0.3) is 0 Å². The third kappa shape index (κ3) is 5.58. The van der Waals surface area contributed by atoms with Crippen LogP contribution in [-0.4, -0.2) is 19.0 Å². The van der Waals surface area contributed by atoms with E-state index in [9.17, 15) is 9.59 Å². The Kier molecular flexibility index (Phi) is 7.63. The maximum atomic E-state index is 13.8. The van der Waals surface area contributed by atoms with Crippen molar-refractivity contribution in [2.24, 2.45) is 0 Å². The Morgan fingerprint density at radius 3 is 2.46 bits per heavy atom. The van der Waals surface area contributed by atoms with Crippen LogP contribution < -0.4 is 11.1 Å². The van der Waals surface area contributed by atoms with Crippen LogP contribution in [0.1, 0.15) is 49.5 Å². The van der Waals surface area contributed by atoms with Gasteiger partial charge in [-0.25, -0.2) is 4.79 Å². The summed E-state index contributed by atoms with van der Waals surface area (Å²) in [6.07, 6.45) is 2.55. The molecule has 2 unspecified atom stereocenters.